The third-order valence-corrected chi connectivity index (χ3v) is 3.18. The van der Waals surface area contributed by atoms with Crippen LogP contribution in [0.25, 0.3) is 0 Å². The highest BCUT2D eigenvalue weighted by molar-refractivity contribution is 6.54. The van der Waals surface area contributed by atoms with Crippen molar-refractivity contribution in [3.8, 4) is 5.75 Å². The SMILES string of the molecule is C=CN=Cc1ccc2c(c1C)OB(CCC)CN2. The Labute approximate surface area is 109 Å². The van der Waals surface area contributed by atoms with E-state index in [1.54, 1.807) is 0 Å². The van der Waals surface area contributed by atoms with Crippen LogP contribution in [0.2, 0.25) is 6.32 Å². The molecule has 0 amide bonds. The molecule has 0 aliphatic carbocycles. The number of aliphatic imine (C=N–C) groups is 1. The van der Waals surface area contributed by atoms with Gasteiger partial charge in [0, 0.05) is 24.4 Å². The molecule has 18 heavy (non-hydrogen) atoms. The van der Waals surface area contributed by atoms with Crippen molar-refractivity contribution in [3.05, 3.63) is 36.0 Å². The minimum absolute atomic E-state index is 0.271. The summed E-state index contributed by atoms with van der Waals surface area (Å²) in [6, 6.07) is 4.10. The molecule has 1 heterocycles. The van der Waals surface area contributed by atoms with Crippen molar-refractivity contribution >= 4 is 18.8 Å². The van der Waals surface area contributed by atoms with Gasteiger partial charge in [-0.2, -0.15) is 0 Å². The van der Waals surface area contributed by atoms with Crippen LogP contribution in [0.4, 0.5) is 5.69 Å². The van der Waals surface area contributed by atoms with Gasteiger partial charge in [-0.15, -0.1) is 0 Å². The summed E-state index contributed by atoms with van der Waals surface area (Å²) >= 11 is 0. The van der Waals surface area contributed by atoms with Crippen molar-refractivity contribution < 1.29 is 4.65 Å². The number of fused-ring (bicyclic) bond motifs is 1. The van der Waals surface area contributed by atoms with E-state index in [4.69, 9.17) is 4.65 Å². The van der Waals surface area contributed by atoms with Gasteiger partial charge in [0.05, 0.1) is 5.69 Å². The molecule has 4 heteroatoms. The molecule has 94 valence electrons. The van der Waals surface area contributed by atoms with E-state index in [0.717, 1.165) is 41.7 Å². The second kappa shape index (κ2) is 5.76. The molecule has 0 radical (unpaired) electrons. The standard InChI is InChI=1S/C14H19BN2O/c1-4-8-15-10-17-13-7-6-12(9-16-5-2)11(3)14(13)18-15/h5-7,9,17H,2,4,8,10H2,1,3H3. The molecule has 3 nitrogen and oxygen atoms in total. The van der Waals surface area contributed by atoms with E-state index in [9.17, 15) is 0 Å². The van der Waals surface area contributed by atoms with Crippen LogP contribution >= 0.6 is 0 Å². The first-order valence-electron chi connectivity index (χ1n) is 6.44. The highest BCUT2D eigenvalue weighted by Gasteiger charge is 2.25. The van der Waals surface area contributed by atoms with Gasteiger partial charge in [-0.1, -0.05) is 26.0 Å². The predicted molar refractivity (Wildman–Crippen MR) is 78.9 cm³/mol. The number of hydrogen-bond donors (Lipinski definition) is 1. The van der Waals surface area contributed by atoms with Crippen LogP contribution in [0.1, 0.15) is 24.5 Å². The second-order valence-corrected chi connectivity index (χ2v) is 4.53. The summed E-state index contributed by atoms with van der Waals surface area (Å²) in [5.74, 6) is 0.965. The molecule has 1 aliphatic heterocycles. The van der Waals surface area contributed by atoms with Crippen LogP contribution in [0.15, 0.2) is 29.9 Å². The van der Waals surface area contributed by atoms with Crippen LogP contribution < -0.4 is 9.97 Å². The summed E-state index contributed by atoms with van der Waals surface area (Å²) in [7, 11) is 0. The van der Waals surface area contributed by atoms with Gasteiger partial charge in [-0.3, -0.25) is 4.99 Å². The van der Waals surface area contributed by atoms with Gasteiger partial charge in [0.1, 0.15) is 5.75 Å². The summed E-state index contributed by atoms with van der Waals surface area (Å²) in [4.78, 5) is 4.07. The largest absolute Gasteiger partial charge is 0.557 e. The molecule has 0 spiro atoms. The molecule has 1 aromatic carbocycles. The number of nitrogens with one attached hydrogen (secondary N) is 1. The Hall–Kier alpha value is -1.71. The third kappa shape index (κ3) is 2.58. The lowest BCUT2D eigenvalue weighted by molar-refractivity contribution is 0.552. The van der Waals surface area contributed by atoms with Crippen molar-refractivity contribution in [1.29, 1.82) is 0 Å². The Morgan fingerprint density at radius 2 is 2.39 bits per heavy atom. The van der Waals surface area contributed by atoms with E-state index in [1.165, 1.54) is 6.20 Å². The maximum Gasteiger partial charge on any atom is 0.377 e. The molecule has 0 fully saturated rings. The van der Waals surface area contributed by atoms with E-state index >= 15 is 0 Å². The zero-order valence-electron chi connectivity index (χ0n) is 11.1. The summed E-state index contributed by atoms with van der Waals surface area (Å²) in [5.41, 5.74) is 3.29. The van der Waals surface area contributed by atoms with Gasteiger partial charge in [0.2, 0.25) is 0 Å². The normalized spacial score (nSPS) is 14.0. The number of rotatable bonds is 4. The van der Waals surface area contributed by atoms with Crippen LogP contribution in [-0.4, -0.2) is 19.6 Å². The first-order chi connectivity index (χ1) is 8.76. The minimum Gasteiger partial charge on any atom is -0.557 e. The van der Waals surface area contributed by atoms with Crippen LogP contribution in [0.3, 0.4) is 0 Å². The summed E-state index contributed by atoms with van der Waals surface area (Å²) in [6.07, 6.45) is 6.46. The average Bonchev–Trinajstić information content (AvgIpc) is 2.39. The Balaban J connectivity index is 2.29. The smallest absolute Gasteiger partial charge is 0.377 e. The molecule has 0 bridgehead atoms. The average molecular weight is 242 g/mol. The van der Waals surface area contributed by atoms with Gasteiger partial charge in [-0.25, -0.2) is 0 Å². The number of hydrogen-bond acceptors (Lipinski definition) is 3. The van der Waals surface area contributed by atoms with E-state index in [-0.39, 0.29) is 6.92 Å². The Kier molecular flexibility index (Phi) is 4.08. The quantitative estimate of drug-likeness (QED) is 0.649. The van der Waals surface area contributed by atoms with E-state index < -0.39 is 0 Å². The van der Waals surface area contributed by atoms with Crippen LogP contribution in [-0.2, 0) is 0 Å². The van der Waals surface area contributed by atoms with E-state index in [0.29, 0.717) is 0 Å². The number of anilines is 1. The van der Waals surface area contributed by atoms with E-state index in [1.807, 2.05) is 6.21 Å². The molecule has 0 saturated heterocycles. The van der Waals surface area contributed by atoms with Crippen molar-refractivity contribution in [2.45, 2.75) is 26.6 Å². The van der Waals surface area contributed by atoms with Gasteiger partial charge in [0.15, 0.2) is 0 Å². The van der Waals surface area contributed by atoms with Crippen molar-refractivity contribution in [2.24, 2.45) is 4.99 Å². The second-order valence-electron chi connectivity index (χ2n) is 4.53. The number of benzene rings is 1. The zero-order chi connectivity index (χ0) is 13.0. The molecular formula is C14H19BN2O. The Bertz CT molecular complexity index is 471. The van der Waals surface area contributed by atoms with Gasteiger partial charge in [-0.05, 0) is 24.9 Å². The number of nitrogens with zero attached hydrogens (tertiary/aromatic N) is 1. The molecule has 1 N–H and O–H groups in total. The lowest BCUT2D eigenvalue weighted by Gasteiger charge is -2.27. The van der Waals surface area contributed by atoms with Crippen LogP contribution in [0, 0.1) is 6.92 Å². The molecule has 1 aromatic rings. The first kappa shape index (κ1) is 12.7. The topological polar surface area (TPSA) is 33.6 Å². The van der Waals surface area contributed by atoms with Gasteiger partial charge < -0.3 is 9.97 Å². The zero-order valence-corrected chi connectivity index (χ0v) is 11.1. The summed E-state index contributed by atoms with van der Waals surface area (Å²) in [6.45, 7) is 8.11. The maximum absolute atomic E-state index is 6.07. The fourth-order valence-electron chi connectivity index (χ4n) is 2.19. The Morgan fingerprint density at radius 1 is 1.56 bits per heavy atom. The molecule has 0 aromatic heterocycles. The van der Waals surface area contributed by atoms with Crippen molar-refractivity contribution in [3.63, 3.8) is 0 Å². The third-order valence-electron chi connectivity index (χ3n) is 3.18. The van der Waals surface area contributed by atoms with Crippen molar-refractivity contribution in [1.82, 2.24) is 0 Å². The highest BCUT2D eigenvalue weighted by Crippen LogP contribution is 2.34. The molecule has 0 atom stereocenters. The van der Waals surface area contributed by atoms with Crippen molar-refractivity contribution in [2.75, 3.05) is 11.8 Å². The molecule has 0 unspecified atom stereocenters. The molecule has 1 aliphatic rings. The lowest BCUT2D eigenvalue weighted by atomic mass is 9.62. The monoisotopic (exact) mass is 242 g/mol. The minimum atomic E-state index is 0.271. The van der Waals surface area contributed by atoms with Crippen LogP contribution in [0.5, 0.6) is 5.75 Å². The van der Waals surface area contributed by atoms with Gasteiger partial charge in [0.25, 0.3) is 0 Å². The maximum atomic E-state index is 6.07. The summed E-state index contributed by atoms with van der Waals surface area (Å²) < 4.78 is 6.07. The highest BCUT2D eigenvalue weighted by atomic mass is 16.4. The summed E-state index contributed by atoms with van der Waals surface area (Å²) in [5, 5.41) is 3.43. The van der Waals surface area contributed by atoms with Gasteiger partial charge >= 0.3 is 6.92 Å². The van der Waals surface area contributed by atoms with E-state index in [2.05, 4.69) is 42.9 Å². The molecule has 2 rings (SSSR count). The molecular weight excluding hydrogens is 223 g/mol. The fourth-order valence-corrected chi connectivity index (χ4v) is 2.19. The predicted octanol–water partition coefficient (Wildman–Crippen LogP) is 3.30. The fraction of sp³-hybridized carbons (Fsp3) is 0.357. The lowest BCUT2D eigenvalue weighted by Crippen LogP contribution is -2.35. The Morgan fingerprint density at radius 3 is 3.11 bits per heavy atom. The first-order valence-corrected chi connectivity index (χ1v) is 6.44. The molecule has 0 saturated carbocycles.